The number of ether oxygens (including phenoxy) is 1. The molecule has 3 N–H and O–H groups in total. The lowest BCUT2D eigenvalue weighted by Crippen LogP contribution is -2.41. The summed E-state index contributed by atoms with van der Waals surface area (Å²) in [6.45, 7) is 7.55. The van der Waals surface area contributed by atoms with E-state index in [2.05, 4.69) is 5.32 Å². The fourth-order valence-electron chi connectivity index (χ4n) is 1.60. The number of amides is 1. The van der Waals surface area contributed by atoms with Gasteiger partial charge in [0.15, 0.2) is 6.10 Å². The van der Waals surface area contributed by atoms with Crippen LogP contribution in [0.2, 0.25) is 5.02 Å². The van der Waals surface area contributed by atoms with E-state index in [0.29, 0.717) is 10.8 Å². The summed E-state index contributed by atoms with van der Waals surface area (Å²) in [5.74, 6) is 0.342. The van der Waals surface area contributed by atoms with Crippen molar-refractivity contribution in [2.45, 2.75) is 52.3 Å². The van der Waals surface area contributed by atoms with Gasteiger partial charge in [-0.3, -0.25) is 4.79 Å². The highest BCUT2D eigenvalue weighted by atomic mass is 35.5. The largest absolute Gasteiger partial charge is 0.479 e. The number of nitrogens with one attached hydrogen (secondary N) is 1. The lowest BCUT2D eigenvalue weighted by atomic mass is 10.1. The molecule has 0 aliphatic carbocycles. The average molecular weight is 299 g/mol. The smallest absolute Gasteiger partial charge is 0.260 e. The monoisotopic (exact) mass is 298 g/mol. The topological polar surface area (TPSA) is 64.3 Å². The molecule has 0 spiro atoms. The second-order valence-electron chi connectivity index (χ2n) is 5.06. The van der Waals surface area contributed by atoms with E-state index in [4.69, 9.17) is 22.1 Å². The number of carbonyl (C=O) groups excluding carboxylic acids is 1. The molecule has 0 saturated carbocycles. The molecule has 2 unspecified atom stereocenters. The van der Waals surface area contributed by atoms with Gasteiger partial charge in [-0.1, -0.05) is 24.6 Å². The van der Waals surface area contributed by atoms with E-state index in [0.717, 1.165) is 12.0 Å². The molecule has 0 aromatic heterocycles. The molecule has 1 aromatic carbocycles. The summed E-state index contributed by atoms with van der Waals surface area (Å²) in [6, 6.07) is 5.40. The van der Waals surface area contributed by atoms with Crippen molar-refractivity contribution in [2.24, 2.45) is 5.73 Å². The average Bonchev–Trinajstić information content (AvgIpc) is 2.40. The van der Waals surface area contributed by atoms with Crippen LogP contribution in [-0.4, -0.2) is 18.1 Å². The van der Waals surface area contributed by atoms with Crippen LogP contribution in [-0.2, 0) is 4.79 Å². The van der Waals surface area contributed by atoms with Gasteiger partial charge in [0.1, 0.15) is 5.75 Å². The molecule has 1 amide bonds. The van der Waals surface area contributed by atoms with Gasteiger partial charge in [0.05, 0.1) is 5.02 Å². The minimum atomic E-state index is -0.595. The lowest BCUT2D eigenvalue weighted by molar-refractivity contribution is -0.127. The highest BCUT2D eigenvalue weighted by Crippen LogP contribution is 2.28. The number of carbonyl (C=O) groups is 1. The molecule has 1 aromatic rings. The van der Waals surface area contributed by atoms with Crippen LogP contribution in [0.3, 0.4) is 0 Å². The van der Waals surface area contributed by atoms with Crippen LogP contribution < -0.4 is 15.8 Å². The third-order valence-electron chi connectivity index (χ3n) is 3.16. The van der Waals surface area contributed by atoms with Crippen LogP contribution in [0, 0.1) is 0 Å². The van der Waals surface area contributed by atoms with Gasteiger partial charge >= 0.3 is 0 Å². The van der Waals surface area contributed by atoms with E-state index < -0.39 is 6.10 Å². The first-order valence-corrected chi connectivity index (χ1v) is 7.25. The number of halogens is 1. The molecule has 0 heterocycles. The predicted octanol–water partition coefficient (Wildman–Crippen LogP) is 3.04. The Labute approximate surface area is 125 Å². The first-order chi connectivity index (χ1) is 9.35. The molecule has 0 bridgehead atoms. The third kappa shape index (κ3) is 4.69. The number of hydrogen-bond acceptors (Lipinski definition) is 3. The van der Waals surface area contributed by atoms with E-state index in [1.54, 1.807) is 19.1 Å². The zero-order chi connectivity index (χ0) is 15.3. The number of nitrogens with two attached hydrogens (primary N) is 1. The summed E-state index contributed by atoms with van der Waals surface area (Å²) in [4.78, 5) is 11.9. The fourth-order valence-corrected chi connectivity index (χ4v) is 1.84. The quantitative estimate of drug-likeness (QED) is 0.848. The highest BCUT2D eigenvalue weighted by molar-refractivity contribution is 6.32. The molecule has 0 aliphatic heterocycles. The maximum Gasteiger partial charge on any atom is 0.260 e. The Hall–Kier alpha value is -1.26. The minimum absolute atomic E-state index is 0.0901. The Balaban J connectivity index is 2.71. The van der Waals surface area contributed by atoms with Crippen LogP contribution >= 0.6 is 11.6 Å². The predicted molar refractivity (Wildman–Crippen MR) is 82.0 cm³/mol. The number of rotatable bonds is 6. The van der Waals surface area contributed by atoms with Gasteiger partial charge < -0.3 is 15.8 Å². The summed E-state index contributed by atoms with van der Waals surface area (Å²) in [5.41, 5.74) is 6.72. The molecule has 3 atom stereocenters. The van der Waals surface area contributed by atoms with Gasteiger partial charge in [0, 0.05) is 12.1 Å². The van der Waals surface area contributed by atoms with Crippen molar-refractivity contribution in [1.82, 2.24) is 5.32 Å². The van der Waals surface area contributed by atoms with E-state index in [1.165, 1.54) is 0 Å². The summed E-state index contributed by atoms with van der Waals surface area (Å²) >= 11 is 6.14. The van der Waals surface area contributed by atoms with Crippen LogP contribution in [0.4, 0.5) is 0 Å². The van der Waals surface area contributed by atoms with E-state index in [9.17, 15) is 4.79 Å². The Kier molecular flexibility index (Phi) is 6.30. The van der Waals surface area contributed by atoms with Crippen LogP contribution in [0.5, 0.6) is 5.75 Å². The van der Waals surface area contributed by atoms with Crippen molar-refractivity contribution < 1.29 is 9.53 Å². The van der Waals surface area contributed by atoms with E-state index >= 15 is 0 Å². The number of hydrogen-bond donors (Lipinski definition) is 2. The van der Waals surface area contributed by atoms with E-state index in [1.807, 2.05) is 26.8 Å². The van der Waals surface area contributed by atoms with Crippen LogP contribution in [0.15, 0.2) is 18.2 Å². The molecular formula is C15H23ClN2O2. The SMILES string of the molecule is CCC(C)NC(=O)C(C)Oc1ccc([C@H](C)N)cc1Cl. The number of benzene rings is 1. The zero-order valence-corrected chi connectivity index (χ0v) is 13.2. The molecule has 4 nitrogen and oxygen atoms in total. The maximum atomic E-state index is 11.9. The molecule has 1 rings (SSSR count). The van der Waals surface area contributed by atoms with Gasteiger partial charge in [-0.05, 0) is 44.9 Å². The molecule has 20 heavy (non-hydrogen) atoms. The second-order valence-corrected chi connectivity index (χ2v) is 5.46. The Morgan fingerprint density at radius 2 is 2.05 bits per heavy atom. The first-order valence-electron chi connectivity index (χ1n) is 6.87. The van der Waals surface area contributed by atoms with Crippen molar-refractivity contribution in [3.8, 4) is 5.75 Å². The fraction of sp³-hybridized carbons (Fsp3) is 0.533. The summed E-state index contributed by atoms with van der Waals surface area (Å²) in [6.07, 6.45) is 0.283. The normalized spacial score (nSPS) is 15.3. The zero-order valence-electron chi connectivity index (χ0n) is 12.4. The van der Waals surface area contributed by atoms with Crippen molar-refractivity contribution >= 4 is 17.5 Å². The van der Waals surface area contributed by atoms with Gasteiger partial charge in [0.2, 0.25) is 0 Å². The van der Waals surface area contributed by atoms with Gasteiger partial charge in [-0.15, -0.1) is 0 Å². The van der Waals surface area contributed by atoms with Gasteiger partial charge in [-0.2, -0.15) is 0 Å². The third-order valence-corrected chi connectivity index (χ3v) is 3.45. The first kappa shape index (κ1) is 16.8. The standard InChI is InChI=1S/C15H23ClN2O2/c1-5-9(2)18-15(19)11(4)20-14-7-6-12(10(3)17)8-13(14)16/h6-11H,5,17H2,1-4H3,(H,18,19)/t9?,10-,11?/m0/s1. The van der Waals surface area contributed by atoms with Crippen molar-refractivity contribution in [2.75, 3.05) is 0 Å². The van der Waals surface area contributed by atoms with Crippen molar-refractivity contribution in [3.63, 3.8) is 0 Å². The van der Waals surface area contributed by atoms with Crippen molar-refractivity contribution in [1.29, 1.82) is 0 Å². The molecule has 0 fully saturated rings. The maximum absolute atomic E-state index is 11.9. The van der Waals surface area contributed by atoms with Gasteiger partial charge in [0.25, 0.3) is 5.91 Å². The minimum Gasteiger partial charge on any atom is -0.479 e. The second kappa shape index (κ2) is 7.50. The molecule has 0 saturated heterocycles. The van der Waals surface area contributed by atoms with Crippen LogP contribution in [0.1, 0.15) is 45.7 Å². The highest BCUT2D eigenvalue weighted by Gasteiger charge is 2.17. The van der Waals surface area contributed by atoms with E-state index in [-0.39, 0.29) is 18.0 Å². The molecule has 0 radical (unpaired) electrons. The van der Waals surface area contributed by atoms with Gasteiger partial charge in [-0.25, -0.2) is 0 Å². The summed E-state index contributed by atoms with van der Waals surface area (Å²) in [5, 5.41) is 3.33. The molecular weight excluding hydrogens is 276 g/mol. The van der Waals surface area contributed by atoms with Crippen molar-refractivity contribution in [3.05, 3.63) is 28.8 Å². The summed E-state index contributed by atoms with van der Waals surface area (Å²) in [7, 11) is 0. The Morgan fingerprint density at radius 3 is 2.55 bits per heavy atom. The Bertz CT molecular complexity index is 463. The molecule has 112 valence electrons. The van der Waals surface area contributed by atoms with Crippen LogP contribution in [0.25, 0.3) is 0 Å². The lowest BCUT2D eigenvalue weighted by Gasteiger charge is -2.19. The molecule has 0 aliphatic rings. The molecule has 5 heteroatoms. The Morgan fingerprint density at radius 1 is 1.40 bits per heavy atom. The summed E-state index contributed by atoms with van der Waals surface area (Å²) < 4.78 is 5.60.